The smallest absolute Gasteiger partial charge is 0.119 e. The molecular formula is C27H34N2O. The molecule has 0 saturated heterocycles. The Labute approximate surface area is 181 Å². The molecule has 0 unspecified atom stereocenters. The highest BCUT2D eigenvalue weighted by Gasteiger charge is 2.22. The molecule has 3 heteroatoms. The molecule has 0 atom stereocenters. The van der Waals surface area contributed by atoms with Gasteiger partial charge in [-0.3, -0.25) is 4.90 Å². The number of aryl methyl sites for hydroxylation is 1. The van der Waals surface area contributed by atoms with Crippen LogP contribution in [0.15, 0.2) is 66.9 Å². The van der Waals surface area contributed by atoms with Crippen molar-refractivity contribution in [1.82, 2.24) is 9.47 Å². The van der Waals surface area contributed by atoms with E-state index in [0.29, 0.717) is 6.04 Å². The molecular weight excluding hydrogens is 368 g/mol. The van der Waals surface area contributed by atoms with E-state index in [9.17, 15) is 0 Å². The molecule has 30 heavy (non-hydrogen) atoms. The Kier molecular flexibility index (Phi) is 6.91. The SMILES string of the molecule is COc1cccc(CN(Cc2cccn2Cc2ccccc2C)C2CCCCC2)c1. The van der Waals surface area contributed by atoms with Crippen molar-refractivity contribution in [3.63, 3.8) is 0 Å². The summed E-state index contributed by atoms with van der Waals surface area (Å²) in [5.41, 5.74) is 5.48. The van der Waals surface area contributed by atoms with Crippen molar-refractivity contribution in [3.8, 4) is 5.75 Å². The third-order valence-corrected chi connectivity index (χ3v) is 6.50. The van der Waals surface area contributed by atoms with Crippen LogP contribution in [0.25, 0.3) is 0 Å². The monoisotopic (exact) mass is 402 g/mol. The van der Waals surface area contributed by atoms with E-state index in [1.165, 1.54) is 54.5 Å². The Bertz CT molecular complexity index is 939. The summed E-state index contributed by atoms with van der Waals surface area (Å²) in [5, 5.41) is 0. The minimum atomic E-state index is 0.659. The Morgan fingerprint density at radius 2 is 1.77 bits per heavy atom. The van der Waals surface area contributed by atoms with E-state index in [0.717, 1.165) is 25.4 Å². The van der Waals surface area contributed by atoms with E-state index in [2.05, 4.69) is 77.2 Å². The summed E-state index contributed by atoms with van der Waals surface area (Å²) >= 11 is 0. The number of ether oxygens (including phenoxy) is 1. The molecule has 0 radical (unpaired) electrons. The second-order valence-electron chi connectivity index (χ2n) is 8.60. The molecule has 1 aromatic heterocycles. The fourth-order valence-electron chi connectivity index (χ4n) is 4.69. The molecule has 1 aliphatic rings. The van der Waals surface area contributed by atoms with Crippen molar-refractivity contribution in [2.45, 2.75) is 64.7 Å². The van der Waals surface area contributed by atoms with Crippen molar-refractivity contribution >= 4 is 0 Å². The summed E-state index contributed by atoms with van der Waals surface area (Å²) in [5.74, 6) is 0.944. The highest BCUT2D eigenvalue weighted by molar-refractivity contribution is 5.29. The van der Waals surface area contributed by atoms with E-state index in [-0.39, 0.29) is 0 Å². The van der Waals surface area contributed by atoms with Crippen LogP contribution in [0, 0.1) is 6.92 Å². The topological polar surface area (TPSA) is 17.4 Å². The van der Waals surface area contributed by atoms with Crippen LogP contribution in [0.3, 0.4) is 0 Å². The van der Waals surface area contributed by atoms with Gasteiger partial charge in [0.2, 0.25) is 0 Å². The summed E-state index contributed by atoms with van der Waals surface area (Å²) in [7, 11) is 1.75. The van der Waals surface area contributed by atoms with E-state index >= 15 is 0 Å². The normalized spacial score (nSPS) is 14.9. The quantitative estimate of drug-likeness (QED) is 0.447. The maximum absolute atomic E-state index is 5.46. The number of hydrogen-bond acceptors (Lipinski definition) is 2. The largest absolute Gasteiger partial charge is 0.497 e. The first-order chi connectivity index (χ1) is 14.7. The van der Waals surface area contributed by atoms with E-state index in [1.54, 1.807) is 7.11 Å². The van der Waals surface area contributed by atoms with Crippen molar-refractivity contribution in [2.75, 3.05) is 7.11 Å². The highest BCUT2D eigenvalue weighted by Crippen LogP contribution is 2.27. The van der Waals surface area contributed by atoms with Gasteiger partial charge in [0.1, 0.15) is 5.75 Å². The molecule has 1 saturated carbocycles. The first kappa shape index (κ1) is 20.7. The van der Waals surface area contributed by atoms with E-state index in [1.807, 2.05) is 6.07 Å². The molecule has 0 bridgehead atoms. The van der Waals surface area contributed by atoms with Crippen molar-refractivity contribution in [1.29, 1.82) is 0 Å². The lowest BCUT2D eigenvalue weighted by atomic mass is 9.93. The van der Waals surface area contributed by atoms with Crippen LogP contribution in [0.5, 0.6) is 5.75 Å². The third kappa shape index (κ3) is 5.14. The van der Waals surface area contributed by atoms with Gasteiger partial charge in [0.05, 0.1) is 7.11 Å². The van der Waals surface area contributed by atoms with Crippen LogP contribution >= 0.6 is 0 Å². The first-order valence-electron chi connectivity index (χ1n) is 11.3. The van der Waals surface area contributed by atoms with Crippen LogP contribution in [-0.2, 0) is 19.6 Å². The fraction of sp³-hybridized carbons (Fsp3) is 0.407. The molecule has 0 aliphatic heterocycles. The van der Waals surface area contributed by atoms with Gasteiger partial charge in [-0.05, 0) is 60.7 Å². The lowest BCUT2D eigenvalue weighted by Gasteiger charge is -2.34. The van der Waals surface area contributed by atoms with Crippen LogP contribution in [0.4, 0.5) is 0 Å². The highest BCUT2D eigenvalue weighted by atomic mass is 16.5. The van der Waals surface area contributed by atoms with Crippen LogP contribution in [0.2, 0.25) is 0 Å². The summed E-state index contributed by atoms with van der Waals surface area (Å²) in [6.45, 7) is 5.10. The van der Waals surface area contributed by atoms with Gasteiger partial charge in [-0.25, -0.2) is 0 Å². The number of rotatable bonds is 8. The maximum Gasteiger partial charge on any atom is 0.119 e. The van der Waals surface area contributed by atoms with Gasteiger partial charge in [-0.1, -0.05) is 55.7 Å². The minimum absolute atomic E-state index is 0.659. The average molecular weight is 403 g/mol. The molecule has 2 aromatic carbocycles. The Morgan fingerprint density at radius 3 is 2.57 bits per heavy atom. The molecule has 1 aliphatic carbocycles. The zero-order valence-electron chi connectivity index (χ0n) is 18.4. The molecule has 1 fully saturated rings. The second-order valence-corrected chi connectivity index (χ2v) is 8.60. The molecule has 1 heterocycles. The molecule has 0 spiro atoms. The zero-order valence-corrected chi connectivity index (χ0v) is 18.4. The standard InChI is InChI=1S/C27H34N2O/c1-22-10-6-7-12-24(22)20-28-17-9-15-26(28)21-29(25-13-4-3-5-14-25)19-23-11-8-16-27(18-23)30-2/h6-12,15-18,25H,3-5,13-14,19-21H2,1-2H3. The minimum Gasteiger partial charge on any atom is -0.497 e. The van der Waals surface area contributed by atoms with Crippen molar-refractivity contribution < 1.29 is 4.74 Å². The Hall–Kier alpha value is -2.52. The summed E-state index contributed by atoms with van der Waals surface area (Å²) < 4.78 is 7.88. The number of nitrogens with zero attached hydrogens (tertiary/aromatic N) is 2. The second kappa shape index (κ2) is 9.99. The lowest BCUT2D eigenvalue weighted by molar-refractivity contribution is 0.136. The lowest BCUT2D eigenvalue weighted by Crippen LogP contribution is -2.36. The van der Waals surface area contributed by atoms with Gasteiger partial charge in [0, 0.05) is 37.6 Å². The Morgan fingerprint density at radius 1 is 0.933 bits per heavy atom. The number of benzene rings is 2. The van der Waals surface area contributed by atoms with Crippen LogP contribution < -0.4 is 4.74 Å². The predicted octanol–water partition coefficient (Wildman–Crippen LogP) is 6.19. The van der Waals surface area contributed by atoms with Gasteiger partial charge in [0.25, 0.3) is 0 Å². The molecule has 158 valence electrons. The summed E-state index contributed by atoms with van der Waals surface area (Å²) in [6, 6.07) is 22.4. The van der Waals surface area contributed by atoms with E-state index in [4.69, 9.17) is 4.74 Å². The number of hydrogen-bond donors (Lipinski definition) is 0. The van der Waals surface area contributed by atoms with Crippen LogP contribution in [-0.4, -0.2) is 22.6 Å². The van der Waals surface area contributed by atoms with Gasteiger partial charge in [-0.2, -0.15) is 0 Å². The predicted molar refractivity (Wildman–Crippen MR) is 124 cm³/mol. The summed E-state index contributed by atoms with van der Waals surface area (Å²) in [4.78, 5) is 2.69. The average Bonchev–Trinajstić information content (AvgIpc) is 3.22. The van der Waals surface area contributed by atoms with Crippen LogP contribution in [0.1, 0.15) is 54.5 Å². The third-order valence-electron chi connectivity index (χ3n) is 6.50. The van der Waals surface area contributed by atoms with Crippen molar-refractivity contribution in [3.05, 3.63) is 89.2 Å². The summed E-state index contributed by atoms with van der Waals surface area (Å²) in [6.07, 6.45) is 8.93. The Balaban J connectivity index is 1.54. The van der Waals surface area contributed by atoms with Gasteiger partial charge in [-0.15, -0.1) is 0 Å². The van der Waals surface area contributed by atoms with Gasteiger partial charge < -0.3 is 9.30 Å². The molecule has 0 N–H and O–H groups in total. The van der Waals surface area contributed by atoms with Gasteiger partial charge >= 0.3 is 0 Å². The number of methoxy groups -OCH3 is 1. The maximum atomic E-state index is 5.46. The molecule has 0 amide bonds. The molecule has 4 rings (SSSR count). The first-order valence-corrected chi connectivity index (χ1v) is 11.3. The zero-order chi connectivity index (χ0) is 20.8. The molecule has 3 aromatic rings. The fourth-order valence-corrected chi connectivity index (χ4v) is 4.69. The molecule has 3 nitrogen and oxygen atoms in total. The van der Waals surface area contributed by atoms with Gasteiger partial charge in [0.15, 0.2) is 0 Å². The van der Waals surface area contributed by atoms with E-state index < -0.39 is 0 Å². The van der Waals surface area contributed by atoms with Crippen molar-refractivity contribution in [2.24, 2.45) is 0 Å². The number of aromatic nitrogens is 1.